The first-order valence-corrected chi connectivity index (χ1v) is 8.57. The van der Waals surface area contributed by atoms with E-state index in [-0.39, 0.29) is 10.0 Å². The number of nitrogens with zero attached hydrogens (tertiary/aromatic N) is 2. The van der Waals surface area contributed by atoms with Crippen molar-refractivity contribution in [1.29, 1.82) is 0 Å². The summed E-state index contributed by atoms with van der Waals surface area (Å²) in [5.41, 5.74) is 0.833. The molecule has 0 amide bonds. The Labute approximate surface area is 107 Å². The van der Waals surface area contributed by atoms with E-state index in [1.807, 2.05) is 18.2 Å². The molecule has 2 N–H and O–H groups in total. The third-order valence-electron chi connectivity index (χ3n) is 2.22. The van der Waals surface area contributed by atoms with Crippen LogP contribution in [0.25, 0.3) is 0 Å². The first-order valence-electron chi connectivity index (χ1n) is 5.19. The Kier molecular flexibility index (Phi) is 3.77. The molecule has 0 atom stereocenters. The van der Waals surface area contributed by atoms with Gasteiger partial charge in [-0.05, 0) is 0 Å². The molecule has 0 spiro atoms. The van der Waals surface area contributed by atoms with E-state index in [1.165, 1.54) is 12.1 Å². The standard InChI is InChI=1S/C12H11AsN2O3/c16-13(17,18)11-8-4-5-9-12(11)15-14-10-6-2-1-3-7-10/h1-9H,(H2,16,17,18). The molecule has 5 nitrogen and oxygen atoms in total. The van der Waals surface area contributed by atoms with Crippen LogP contribution in [-0.4, -0.2) is 22.4 Å². The van der Waals surface area contributed by atoms with Crippen molar-refractivity contribution >= 4 is 29.9 Å². The Morgan fingerprint density at radius 3 is 2.11 bits per heavy atom. The molecule has 0 aliphatic rings. The van der Waals surface area contributed by atoms with Gasteiger partial charge in [0.15, 0.2) is 0 Å². The van der Waals surface area contributed by atoms with Crippen LogP contribution in [0, 0.1) is 0 Å². The van der Waals surface area contributed by atoms with Crippen LogP contribution in [0.3, 0.4) is 0 Å². The Balaban J connectivity index is 2.36. The molecular formula is C12H11AsN2O3. The van der Waals surface area contributed by atoms with Crippen molar-refractivity contribution in [2.45, 2.75) is 0 Å². The fraction of sp³-hybridized carbons (Fsp3) is 0. The molecule has 0 aromatic heterocycles. The second-order valence-electron chi connectivity index (χ2n) is 3.57. The van der Waals surface area contributed by atoms with Crippen molar-refractivity contribution in [3.8, 4) is 0 Å². The van der Waals surface area contributed by atoms with Crippen molar-refractivity contribution in [2.24, 2.45) is 10.2 Å². The van der Waals surface area contributed by atoms with Crippen LogP contribution in [0.2, 0.25) is 0 Å². The molecule has 0 saturated heterocycles. The van der Waals surface area contributed by atoms with Crippen molar-refractivity contribution in [1.82, 2.24) is 0 Å². The zero-order valence-corrected chi connectivity index (χ0v) is 11.2. The fourth-order valence-corrected chi connectivity index (χ4v) is 2.87. The molecule has 0 unspecified atom stereocenters. The summed E-state index contributed by atoms with van der Waals surface area (Å²) in [7, 11) is 0. The van der Waals surface area contributed by atoms with Crippen LogP contribution in [0.5, 0.6) is 0 Å². The molecule has 2 rings (SSSR count). The molecule has 92 valence electrons. The third-order valence-corrected chi connectivity index (χ3v) is 4.34. The summed E-state index contributed by atoms with van der Waals surface area (Å²) in [5.74, 6) is 0. The summed E-state index contributed by atoms with van der Waals surface area (Å²) < 4.78 is 29.7. The predicted molar refractivity (Wildman–Crippen MR) is 67.6 cm³/mol. The number of rotatable bonds is 3. The van der Waals surface area contributed by atoms with Gasteiger partial charge in [0, 0.05) is 0 Å². The van der Waals surface area contributed by atoms with Gasteiger partial charge >= 0.3 is 107 Å². The topological polar surface area (TPSA) is 82.2 Å². The molecule has 0 aliphatic carbocycles. The minimum atomic E-state index is -4.96. The van der Waals surface area contributed by atoms with E-state index in [9.17, 15) is 11.9 Å². The first kappa shape index (κ1) is 12.8. The predicted octanol–water partition coefficient (Wildman–Crippen LogP) is 1.66. The number of azo groups is 1. The van der Waals surface area contributed by atoms with Crippen molar-refractivity contribution < 1.29 is 11.9 Å². The zero-order chi connectivity index (χ0) is 13.0. The Hall–Kier alpha value is -1.68. The van der Waals surface area contributed by atoms with Crippen LogP contribution >= 0.6 is 0 Å². The van der Waals surface area contributed by atoms with E-state index in [4.69, 9.17) is 0 Å². The fourth-order valence-electron chi connectivity index (χ4n) is 1.40. The van der Waals surface area contributed by atoms with Crippen molar-refractivity contribution in [2.75, 3.05) is 0 Å². The summed E-state index contributed by atoms with van der Waals surface area (Å²) in [6, 6.07) is 15.1. The van der Waals surface area contributed by atoms with E-state index < -0.39 is 14.2 Å². The Morgan fingerprint density at radius 1 is 0.833 bits per heavy atom. The molecule has 0 aliphatic heterocycles. The summed E-state index contributed by atoms with van der Waals surface area (Å²) in [6.45, 7) is 0. The SMILES string of the molecule is O=[As](O)(O)c1ccccc1N=Nc1ccccc1. The van der Waals surface area contributed by atoms with Gasteiger partial charge in [-0.15, -0.1) is 0 Å². The molecule has 6 heteroatoms. The summed E-state index contributed by atoms with van der Waals surface area (Å²) in [5, 5.41) is 7.83. The van der Waals surface area contributed by atoms with Gasteiger partial charge in [-0.2, -0.15) is 0 Å². The van der Waals surface area contributed by atoms with Crippen LogP contribution < -0.4 is 4.35 Å². The van der Waals surface area contributed by atoms with Gasteiger partial charge in [0.05, 0.1) is 0 Å². The molecule has 0 radical (unpaired) electrons. The number of hydrogen-bond acceptors (Lipinski definition) is 3. The first-order chi connectivity index (χ1) is 8.57. The van der Waals surface area contributed by atoms with Crippen LogP contribution in [0.1, 0.15) is 0 Å². The average Bonchev–Trinajstić information content (AvgIpc) is 2.37. The minimum absolute atomic E-state index is 0.0599. The number of hydrogen-bond donors (Lipinski definition) is 2. The quantitative estimate of drug-likeness (QED) is 0.668. The van der Waals surface area contributed by atoms with Crippen LogP contribution in [-0.2, 0) is 3.74 Å². The van der Waals surface area contributed by atoms with Crippen molar-refractivity contribution in [3.63, 3.8) is 0 Å². The monoisotopic (exact) mass is 306 g/mol. The molecule has 0 fully saturated rings. The maximum absolute atomic E-state index is 11.3. The molecular weight excluding hydrogens is 295 g/mol. The number of benzene rings is 2. The Bertz CT molecular complexity index is 608. The molecule has 2 aromatic carbocycles. The van der Waals surface area contributed by atoms with E-state index >= 15 is 0 Å². The normalized spacial score (nSPS) is 11.9. The van der Waals surface area contributed by atoms with Crippen LogP contribution in [0.4, 0.5) is 11.4 Å². The van der Waals surface area contributed by atoms with Gasteiger partial charge in [0.25, 0.3) is 0 Å². The van der Waals surface area contributed by atoms with Gasteiger partial charge in [-0.3, -0.25) is 0 Å². The molecule has 0 heterocycles. The van der Waals surface area contributed by atoms with Crippen LogP contribution in [0.15, 0.2) is 64.8 Å². The maximum atomic E-state index is 11.3. The van der Waals surface area contributed by atoms with Gasteiger partial charge in [0.2, 0.25) is 0 Å². The van der Waals surface area contributed by atoms with E-state index in [0.717, 1.165) is 0 Å². The average molecular weight is 306 g/mol. The van der Waals surface area contributed by atoms with E-state index in [0.29, 0.717) is 5.69 Å². The second kappa shape index (κ2) is 5.31. The molecule has 2 aromatic rings. The summed E-state index contributed by atoms with van der Waals surface area (Å²) >= 11 is -4.96. The Morgan fingerprint density at radius 2 is 1.44 bits per heavy atom. The molecule has 18 heavy (non-hydrogen) atoms. The van der Waals surface area contributed by atoms with Gasteiger partial charge in [0.1, 0.15) is 0 Å². The summed E-state index contributed by atoms with van der Waals surface area (Å²) in [4.78, 5) is 0. The van der Waals surface area contributed by atoms with E-state index in [2.05, 4.69) is 10.2 Å². The summed E-state index contributed by atoms with van der Waals surface area (Å²) in [6.07, 6.45) is 0. The van der Waals surface area contributed by atoms with Crippen molar-refractivity contribution in [3.05, 3.63) is 54.6 Å². The zero-order valence-electron chi connectivity index (χ0n) is 9.34. The van der Waals surface area contributed by atoms with Gasteiger partial charge in [-0.25, -0.2) is 0 Å². The molecule has 0 bridgehead atoms. The molecule has 0 saturated carbocycles. The second-order valence-corrected chi connectivity index (χ2v) is 6.86. The van der Waals surface area contributed by atoms with Gasteiger partial charge in [-0.1, -0.05) is 0 Å². The van der Waals surface area contributed by atoms with E-state index in [1.54, 1.807) is 24.3 Å². The third kappa shape index (κ3) is 3.17. The van der Waals surface area contributed by atoms with Gasteiger partial charge < -0.3 is 0 Å².